The Labute approximate surface area is 205 Å². The summed E-state index contributed by atoms with van der Waals surface area (Å²) in [5.41, 5.74) is 12.0. The number of alkyl halides is 1. The molecule has 15 heteroatoms. The van der Waals surface area contributed by atoms with E-state index in [0.717, 1.165) is 0 Å². The van der Waals surface area contributed by atoms with Crippen LogP contribution in [0.1, 0.15) is 11.1 Å². The monoisotopic (exact) mass is 550 g/mol. The van der Waals surface area contributed by atoms with Gasteiger partial charge in [0.25, 0.3) is 11.4 Å². The molecule has 0 aromatic heterocycles. The van der Waals surface area contributed by atoms with Crippen molar-refractivity contribution >= 4 is 62.3 Å². The Balaban J connectivity index is 0.000000212. The molecule has 0 spiro atoms. The van der Waals surface area contributed by atoms with Crippen LogP contribution >= 0.6 is 15.9 Å². The summed E-state index contributed by atoms with van der Waals surface area (Å²) in [6.07, 6.45) is 0.293. The largest absolute Gasteiger partial charge is 0.369 e. The molecule has 2 aromatic carbocycles. The third kappa shape index (κ3) is 7.29. The zero-order valence-corrected chi connectivity index (χ0v) is 19.5. The first-order chi connectivity index (χ1) is 16.4. The van der Waals surface area contributed by atoms with Gasteiger partial charge in [-0.1, -0.05) is 15.9 Å². The Hall–Kier alpha value is -4.40. The predicted molar refractivity (Wildman–Crippen MR) is 127 cm³/mol. The highest BCUT2D eigenvalue weighted by atomic mass is 79.9. The lowest BCUT2D eigenvalue weighted by molar-refractivity contribution is -0.385. The van der Waals surface area contributed by atoms with Crippen molar-refractivity contribution in [2.75, 3.05) is 22.1 Å². The van der Waals surface area contributed by atoms with Crippen molar-refractivity contribution in [2.45, 2.75) is 12.8 Å². The van der Waals surface area contributed by atoms with Crippen molar-refractivity contribution in [3.63, 3.8) is 0 Å². The number of anilines is 2. The van der Waals surface area contributed by atoms with Crippen LogP contribution in [0, 0.1) is 20.2 Å². The number of rotatable bonds is 5. The van der Waals surface area contributed by atoms with E-state index in [1.54, 1.807) is 6.07 Å². The highest BCUT2D eigenvalue weighted by Gasteiger charge is 2.29. The van der Waals surface area contributed by atoms with Crippen LogP contribution in [-0.2, 0) is 32.0 Å². The molecule has 4 rings (SSSR count). The lowest BCUT2D eigenvalue weighted by Gasteiger charge is -2.14. The summed E-state index contributed by atoms with van der Waals surface area (Å²) in [7, 11) is 0. The first-order valence-corrected chi connectivity index (χ1v) is 10.8. The number of primary amides is 2. The van der Waals surface area contributed by atoms with E-state index in [4.69, 9.17) is 5.73 Å². The van der Waals surface area contributed by atoms with Crippen molar-refractivity contribution < 1.29 is 29.0 Å². The lowest BCUT2D eigenvalue weighted by Crippen LogP contribution is -2.35. The number of halogens is 1. The van der Waals surface area contributed by atoms with Gasteiger partial charge >= 0.3 is 0 Å². The molecule has 184 valence electrons. The number of nitrogens with two attached hydrogens (primary N) is 2. The molecule has 4 amide bonds. The normalized spacial score (nSPS) is 12.8. The second kappa shape index (κ2) is 11.6. The molecule has 0 radical (unpaired) electrons. The standard InChI is InChI=1S/C10H9N3O4.C8H6N2O3.C2H4BrNO/c11-9(14)5-12-8-2-1-7(13(16)17)3-6(8)4-10(12)15;11-8-4-5-3-6(10(12)13)1-2-7(5)9-8;3-1-2(4)5/h1-3H,4-5H2,(H2,11,14);1-3H,4H2,(H,9,11);1H2,(H2,4,5). The number of nitro benzene ring substituents is 2. The Morgan fingerprint density at radius 3 is 2.00 bits per heavy atom. The summed E-state index contributed by atoms with van der Waals surface area (Å²) in [4.78, 5) is 64.0. The SMILES string of the molecule is NC(=O)CBr.NC(=O)CN1C(=O)Cc2cc([N+](=O)[O-])ccc21.O=C1Cc2cc([N+](=O)[O-])ccc2N1. The topological polar surface area (TPSA) is 222 Å². The zero-order valence-electron chi connectivity index (χ0n) is 17.9. The molecule has 0 aliphatic carbocycles. The number of nitrogens with zero attached hydrogens (tertiary/aromatic N) is 3. The van der Waals surface area contributed by atoms with Gasteiger partial charge in [0.05, 0.1) is 28.0 Å². The number of carbonyl (C=O) groups excluding carboxylic acids is 4. The molecule has 0 fully saturated rings. The van der Waals surface area contributed by atoms with E-state index in [-0.39, 0.29) is 53.8 Å². The van der Waals surface area contributed by atoms with E-state index in [2.05, 4.69) is 27.0 Å². The molecule has 0 bridgehead atoms. The first-order valence-electron chi connectivity index (χ1n) is 9.70. The van der Waals surface area contributed by atoms with E-state index in [0.29, 0.717) is 22.5 Å². The van der Waals surface area contributed by atoms with Gasteiger partial charge in [-0.15, -0.1) is 0 Å². The average Bonchev–Trinajstić information content (AvgIpc) is 3.31. The quantitative estimate of drug-likeness (QED) is 0.275. The number of nitrogens with one attached hydrogen (secondary N) is 1. The molecule has 14 nitrogen and oxygen atoms in total. The molecule has 2 aromatic rings. The van der Waals surface area contributed by atoms with Crippen molar-refractivity contribution in [3.8, 4) is 0 Å². The number of non-ortho nitro benzene ring substituents is 2. The second-order valence-electron chi connectivity index (χ2n) is 7.12. The van der Waals surface area contributed by atoms with Crippen LogP contribution in [0.3, 0.4) is 0 Å². The summed E-state index contributed by atoms with van der Waals surface area (Å²) < 4.78 is 0. The van der Waals surface area contributed by atoms with Gasteiger partial charge < -0.3 is 21.7 Å². The minimum Gasteiger partial charge on any atom is -0.369 e. The van der Waals surface area contributed by atoms with Crippen molar-refractivity contribution in [1.82, 2.24) is 0 Å². The molecule has 2 aliphatic rings. The Kier molecular flexibility index (Phi) is 8.93. The van der Waals surface area contributed by atoms with Crippen LogP contribution in [0.5, 0.6) is 0 Å². The summed E-state index contributed by atoms with van der Waals surface area (Å²) in [6, 6.07) is 8.46. The van der Waals surface area contributed by atoms with Crippen molar-refractivity contribution in [2.24, 2.45) is 11.5 Å². The van der Waals surface area contributed by atoms with E-state index < -0.39 is 15.8 Å². The van der Waals surface area contributed by atoms with Gasteiger partial charge in [-0.05, 0) is 23.3 Å². The summed E-state index contributed by atoms with van der Waals surface area (Å²) >= 11 is 2.84. The summed E-state index contributed by atoms with van der Waals surface area (Å²) in [5, 5.41) is 23.8. The van der Waals surface area contributed by atoms with Crippen LogP contribution in [-0.4, -0.2) is 45.4 Å². The smallest absolute Gasteiger partial charge is 0.269 e. The van der Waals surface area contributed by atoms with Gasteiger partial charge in [-0.25, -0.2) is 0 Å². The second-order valence-corrected chi connectivity index (χ2v) is 7.68. The maximum absolute atomic E-state index is 11.6. The van der Waals surface area contributed by atoms with E-state index >= 15 is 0 Å². The summed E-state index contributed by atoms with van der Waals surface area (Å²) in [6.45, 7) is -0.205. The molecule has 0 saturated heterocycles. The highest BCUT2D eigenvalue weighted by molar-refractivity contribution is 9.09. The van der Waals surface area contributed by atoms with Crippen LogP contribution < -0.4 is 21.7 Å². The molecule has 35 heavy (non-hydrogen) atoms. The molecular formula is C20H19BrN6O8. The molecule has 2 heterocycles. The first kappa shape index (κ1) is 26.8. The lowest BCUT2D eigenvalue weighted by atomic mass is 10.1. The molecule has 0 atom stereocenters. The van der Waals surface area contributed by atoms with E-state index in [1.165, 1.54) is 35.2 Å². The fourth-order valence-corrected chi connectivity index (χ4v) is 3.14. The van der Waals surface area contributed by atoms with Gasteiger partial charge in [0, 0.05) is 35.6 Å². The zero-order chi connectivity index (χ0) is 26.3. The molecule has 0 saturated carbocycles. The minimum atomic E-state index is -0.621. The van der Waals surface area contributed by atoms with E-state index in [1.807, 2.05) is 0 Å². The Bertz CT molecular complexity index is 1220. The number of amides is 4. The maximum Gasteiger partial charge on any atom is 0.269 e. The Morgan fingerprint density at radius 2 is 1.49 bits per heavy atom. The number of hydrogen-bond acceptors (Lipinski definition) is 8. The van der Waals surface area contributed by atoms with Gasteiger partial charge in [-0.2, -0.15) is 0 Å². The molecule has 5 N–H and O–H groups in total. The number of benzene rings is 2. The minimum absolute atomic E-state index is 0.0234. The highest BCUT2D eigenvalue weighted by Crippen LogP contribution is 2.31. The van der Waals surface area contributed by atoms with Crippen molar-refractivity contribution in [1.29, 1.82) is 0 Å². The predicted octanol–water partition coefficient (Wildman–Crippen LogP) is 0.925. The number of fused-ring (bicyclic) bond motifs is 2. The third-order valence-electron chi connectivity index (χ3n) is 4.58. The Morgan fingerprint density at radius 1 is 0.943 bits per heavy atom. The van der Waals surface area contributed by atoms with Crippen molar-refractivity contribution in [3.05, 3.63) is 67.8 Å². The van der Waals surface area contributed by atoms with Crippen LogP contribution in [0.15, 0.2) is 36.4 Å². The van der Waals surface area contributed by atoms with Gasteiger partial charge in [-0.3, -0.25) is 39.4 Å². The van der Waals surface area contributed by atoms with E-state index in [9.17, 15) is 39.4 Å². The molecule has 0 unspecified atom stereocenters. The van der Waals surface area contributed by atoms with Crippen LogP contribution in [0.25, 0.3) is 0 Å². The number of hydrogen-bond donors (Lipinski definition) is 3. The molecular weight excluding hydrogens is 532 g/mol. The fraction of sp³-hybridized carbons (Fsp3) is 0.200. The fourth-order valence-electron chi connectivity index (χ4n) is 3.14. The number of nitro groups is 2. The average molecular weight is 551 g/mol. The van der Waals surface area contributed by atoms with Gasteiger partial charge in [0.2, 0.25) is 23.6 Å². The summed E-state index contributed by atoms with van der Waals surface area (Å²) in [5.74, 6) is -1.34. The third-order valence-corrected chi connectivity index (χ3v) is 5.13. The van der Waals surface area contributed by atoms with Crippen LogP contribution in [0.4, 0.5) is 22.7 Å². The van der Waals surface area contributed by atoms with Gasteiger partial charge in [0.15, 0.2) is 0 Å². The maximum atomic E-state index is 11.6. The van der Waals surface area contributed by atoms with Gasteiger partial charge in [0.1, 0.15) is 6.54 Å². The molecule has 2 aliphatic heterocycles. The van der Waals surface area contributed by atoms with Crippen LogP contribution in [0.2, 0.25) is 0 Å². The number of carbonyl (C=O) groups is 4.